The molecule has 3 aliphatic rings. The number of carbonyl (C=O) groups excluding carboxylic acids is 2. The number of carbonyl (C=O) groups is 2. The fraction of sp³-hybridized carbons (Fsp3) is 0.310. The van der Waals surface area contributed by atoms with Crippen LogP contribution in [0.5, 0.6) is 0 Å². The highest BCUT2D eigenvalue weighted by Crippen LogP contribution is 2.38. The van der Waals surface area contributed by atoms with Crippen molar-refractivity contribution in [3.8, 4) is 0 Å². The summed E-state index contributed by atoms with van der Waals surface area (Å²) in [7, 11) is 0. The van der Waals surface area contributed by atoms with Crippen molar-refractivity contribution in [2.75, 3.05) is 31.5 Å². The summed E-state index contributed by atoms with van der Waals surface area (Å²) in [6.07, 6.45) is 2.34. The van der Waals surface area contributed by atoms with E-state index in [0.29, 0.717) is 13.1 Å². The second kappa shape index (κ2) is 8.73. The lowest BCUT2D eigenvalue weighted by Gasteiger charge is -2.41. The van der Waals surface area contributed by atoms with Gasteiger partial charge in [0.15, 0.2) is 0 Å². The largest absolute Gasteiger partial charge is 0.340 e. The third-order valence-corrected chi connectivity index (χ3v) is 7.65. The predicted octanol–water partition coefficient (Wildman–Crippen LogP) is 4.14. The molecule has 1 atom stereocenters. The molecule has 1 unspecified atom stereocenters. The highest BCUT2D eigenvalue weighted by Gasteiger charge is 2.36. The first-order chi connectivity index (χ1) is 16.7. The first-order valence-electron chi connectivity index (χ1n) is 12.3. The second-order valence-corrected chi connectivity index (χ2v) is 9.55. The van der Waals surface area contributed by atoms with Gasteiger partial charge in [0, 0.05) is 38.3 Å². The van der Waals surface area contributed by atoms with Gasteiger partial charge in [-0.3, -0.25) is 14.5 Å². The minimum atomic E-state index is -0.393. The molecule has 5 nitrogen and oxygen atoms in total. The van der Waals surface area contributed by atoms with E-state index in [4.69, 9.17) is 0 Å². The van der Waals surface area contributed by atoms with E-state index in [0.717, 1.165) is 37.2 Å². The fourth-order valence-corrected chi connectivity index (χ4v) is 5.94. The number of nitrogens with one attached hydrogen (secondary N) is 1. The number of aryl methyl sites for hydroxylation is 2. The molecule has 34 heavy (non-hydrogen) atoms. The van der Waals surface area contributed by atoms with Crippen LogP contribution in [0.1, 0.15) is 46.2 Å². The molecule has 172 valence electrons. The van der Waals surface area contributed by atoms with Gasteiger partial charge in [-0.05, 0) is 46.7 Å². The van der Waals surface area contributed by atoms with Crippen LogP contribution in [0.25, 0.3) is 0 Å². The number of fused-ring (bicyclic) bond motifs is 3. The SMILES string of the molecule is O=C1CC(C(=O)N2CCN(C3c4ccccc4CCc4ccccc43)CC2)c2ccccc2N1. The molecule has 1 aliphatic carbocycles. The first-order valence-corrected chi connectivity index (χ1v) is 12.3. The summed E-state index contributed by atoms with van der Waals surface area (Å²) >= 11 is 0. The van der Waals surface area contributed by atoms with Crippen LogP contribution in [0.3, 0.4) is 0 Å². The fourth-order valence-electron chi connectivity index (χ4n) is 5.94. The zero-order valence-corrected chi connectivity index (χ0v) is 19.2. The molecule has 0 bridgehead atoms. The van der Waals surface area contributed by atoms with Gasteiger partial charge >= 0.3 is 0 Å². The van der Waals surface area contributed by atoms with Crippen molar-refractivity contribution in [1.29, 1.82) is 0 Å². The van der Waals surface area contributed by atoms with Crippen molar-refractivity contribution in [1.82, 2.24) is 9.80 Å². The number of benzene rings is 3. The molecular weight excluding hydrogens is 422 g/mol. The lowest BCUT2D eigenvalue weighted by molar-refractivity contribution is -0.136. The summed E-state index contributed by atoms with van der Waals surface area (Å²) in [5, 5.41) is 2.90. The quantitative estimate of drug-likeness (QED) is 0.637. The highest BCUT2D eigenvalue weighted by molar-refractivity contribution is 6.01. The third-order valence-electron chi connectivity index (χ3n) is 7.65. The molecule has 1 saturated heterocycles. The van der Waals surface area contributed by atoms with Gasteiger partial charge in [-0.2, -0.15) is 0 Å². The van der Waals surface area contributed by atoms with E-state index in [9.17, 15) is 9.59 Å². The maximum atomic E-state index is 13.5. The smallest absolute Gasteiger partial charge is 0.230 e. The van der Waals surface area contributed by atoms with E-state index in [1.165, 1.54) is 22.3 Å². The number of anilines is 1. The Morgan fingerprint density at radius 2 is 1.29 bits per heavy atom. The van der Waals surface area contributed by atoms with Gasteiger partial charge in [0.1, 0.15) is 0 Å². The summed E-state index contributed by atoms with van der Waals surface area (Å²) in [5.41, 5.74) is 7.33. The van der Waals surface area contributed by atoms with Gasteiger partial charge in [-0.15, -0.1) is 0 Å². The summed E-state index contributed by atoms with van der Waals surface area (Å²) in [6, 6.07) is 25.5. The van der Waals surface area contributed by atoms with Crippen molar-refractivity contribution in [3.63, 3.8) is 0 Å². The molecule has 0 saturated carbocycles. The van der Waals surface area contributed by atoms with Crippen molar-refractivity contribution in [2.45, 2.75) is 31.2 Å². The van der Waals surface area contributed by atoms with Gasteiger partial charge in [0.2, 0.25) is 11.8 Å². The average molecular weight is 452 g/mol. The number of amides is 2. The number of piperazine rings is 1. The zero-order valence-electron chi connectivity index (χ0n) is 19.2. The maximum absolute atomic E-state index is 13.5. The van der Waals surface area contributed by atoms with Crippen LogP contribution in [0, 0.1) is 0 Å². The zero-order chi connectivity index (χ0) is 23.1. The topological polar surface area (TPSA) is 52.7 Å². The van der Waals surface area contributed by atoms with Crippen LogP contribution in [0.2, 0.25) is 0 Å². The van der Waals surface area contributed by atoms with Crippen LogP contribution < -0.4 is 5.32 Å². The summed E-state index contributed by atoms with van der Waals surface area (Å²) in [5.74, 6) is -0.401. The van der Waals surface area contributed by atoms with E-state index >= 15 is 0 Å². The average Bonchev–Trinajstić information content (AvgIpc) is 3.05. The van der Waals surface area contributed by atoms with Crippen LogP contribution >= 0.6 is 0 Å². The Kier molecular flexibility index (Phi) is 5.42. The van der Waals surface area contributed by atoms with E-state index in [1.54, 1.807) is 0 Å². The summed E-state index contributed by atoms with van der Waals surface area (Å²) in [6.45, 7) is 3.00. The first kappa shape index (κ1) is 21.1. The standard InChI is InChI=1S/C29H29N3O2/c33-27-19-25(24-11-5-6-12-26(24)30-27)29(34)32-17-15-31(16-18-32)28-22-9-3-1-7-20(22)13-14-21-8-2-4-10-23(21)28/h1-12,25,28H,13-19H2,(H,30,33). The predicted molar refractivity (Wildman–Crippen MR) is 133 cm³/mol. The van der Waals surface area contributed by atoms with Crippen molar-refractivity contribution < 1.29 is 9.59 Å². The van der Waals surface area contributed by atoms with Crippen molar-refractivity contribution in [3.05, 3.63) is 101 Å². The minimum Gasteiger partial charge on any atom is -0.340 e. The molecule has 6 rings (SSSR count). The Labute approximate surface area is 200 Å². The van der Waals surface area contributed by atoms with E-state index in [2.05, 4.69) is 58.7 Å². The highest BCUT2D eigenvalue weighted by atomic mass is 16.2. The monoisotopic (exact) mass is 451 g/mol. The Morgan fingerprint density at radius 3 is 1.94 bits per heavy atom. The maximum Gasteiger partial charge on any atom is 0.230 e. The van der Waals surface area contributed by atoms with Crippen LogP contribution in [0.15, 0.2) is 72.8 Å². The van der Waals surface area contributed by atoms with E-state index in [-0.39, 0.29) is 24.3 Å². The molecule has 2 amide bonds. The van der Waals surface area contributed by atoms with Crippen molar-refractivity contribution >= 4 is 17.5 Å². The number of hydrogen-bond donors (Lipinski definition) is 1. The molecule has 0 aromatic heterocycles. The number of rotatable bonds is 2. The Morgan fingerprint density at radius 1 is 0.735 bits per heavy atom. The molecule has 0 radical (unpaired) electrons. The number of nitrogens with zero attached hydrogens (tertiary/aromatic N) is 2. The van der Waals surface area contributed by atoms with Crippen LogP contribution in [-0.4, -0.2) is 47.8 Å². The molecule has 1 N–H and O–H groups in total. The molecule has 0 spiro atoms. The van der Waals surface area contributed by atoms with E-state index in [1.807, 2.05) is 29.2 Å². The summed E-state index contributed by atoms with van der Waals surface area (Å²) < 4.78 is 0. The lowest BCUT2D eigenvalue weighted by atomic mass is 9.89. The van der Waals surface area contributed by atoms with Gasteiger partial charge in [0.25, 0.3) is 0 Å². The lowest BCUT2D eigenvalue weighted by Crippen LogP contribution is -2.51. The van der Waals surface area contributed by atoms with Gasteiger partial charge in [-0.25, -0.2) is 0 Å². The molecule has 5 heteroatoms. The third kappa shape index (κ3) is 3.70. The molecule has 2 aliphatic heterocycles. The van der Waals surface area contributed by atoms with Gasteiger partial charge in [0.05, 0.1) is 12.0 Å². The summed E-state index contributed by atoms with van der Waals surface area (Å²) in [4.78, 5) is 30.3. The second-order valence-electron chi connectivity index (χ2n) is 9.55. The van der Waals surface area contributed by atoms with Crippen LogP contribution in [-0.2, 0) is 22.4 Å². The number of para-hydroxylation sites is 1. The minimum absolute atomic E-state index is 0.0728. The molecule has 1 fully saturated rings. The van der Waals surface area contributed by atoms with Gasteiger partial charge < -0.3 is 10.2 Å². The van der Waals surface area contributed by atoms with Gasteiger partial charge in [-0.1, -0.05) is 66.7 Å². The Balaban J connectivity index is 1.24. The van der Waals surface area contributed by atoms with E-state index < -0.39 is 5.92 Å². The normalized spacial score (nSPS) is 20.5. The Hall–Kier alpha value is -3.44. The van der Waals surface area contributed by atoms with Crippen LogP contribution in [0.4, 0.5) is 5.69 Å². The Bertz CT molecular complexity index is 1200. The molecule has 2 heterocycles. The van der Waals surface area contributed by atoms with Crippen molar-refractivity contribution in [2.24, 2.45) is 0 Å². The molecule has 3 aromatic rings. The molecule has 3 aromatic carbocycles. The number of hydrogen-bond acceptors (Lipinski definition) is 3. The molecular formula is C29H29N3O2.